The third kappa shape index (κ3) is 4.81. The molecule has 2 unspecified atom stereocenters. The van der Waals surface area contributed by atoms with Gasteiger partial charge in [-0.25, -0.2) is 0 Å². The third-order valence-corrected chi connectivity index (χ3v) is 3.28. The van der Waals surface area contributed by atoms with Crippen molar-refractivity contribution in [2.45, 2.75) is 58.6 Å². The highest BCUT2D eigenvalue weighted by Gasteiger charge is 2.24. The van der Waals surface area contributed by atoms with Crippen LogP contribution in [0.5, 0.6) is 0 Å². The van der Waals surface area contributed by atoms with Crippen LogP contribution >= 0.6 is 0 Å². The van der Waals surface area contributed by atoms with E-state index in [1.54, 1.807) is 0 Å². The van der Waals surface area contributed by atoms with E-state index in [1.807, 2.05) is 0 Å². The predicted molar refractivity (Wildman–Crippen MR) is 66.5 cm³/mol. The molecule has 1 saturated heterocycles. The first-order valence-electron chi connectivity index (χ1n) is 6.53. The lowest BCUT2D eigenvalue weighted by molar-refractivity contribution is -0.00536. The van der Waals surface area contributed by atoms with Gasteiger partial charge in [0.2, 0.25) is 0 Å². The molecule has 0 spiro atoms. The molecule has 1 rings (SSSR count). The number of hydrogen-bond acceptors (Lipinski definition) is 3. The van der Waals surface area contributed by atoms with E-state index in [2.05, 4.69) is 26.1 Å². The molecule has 1 aliphatic rings. The van der Waals surface area contributed by atoms with Gasteiger partial charge in [-0.15, -0.1) is 0 Å². The van der Waals surface area contributed by atoms with Crippen LogP contribution in [0.25, 0.3) is 0 Å². The van der Waals surface area contributed by atoms with Gasteiger partial charge in [0.15, 0.2) is 0 Å². The molecule has 2 atom stereocenters. The number of aliphatic hydroxyl groups excluding tert-OH is 1. The SMILES string of the molecule is CCCC1CC(NCC(C)(C)CO)CCO1. The molecule has 0 amide bonds. The van der Waals surface area contributed by atoms with Crippen molar-refractivity contribution < 1.29 is 9.84 Å². The predicted octanol–water partition coefficient (Wildman–Crippen LogP) is 1.94. The van der Waals surface area contributed by atoms with Crippen LogP contribution in [0.1, 0.15) is 46.5 Å². The Bertz CT molecular complexity index is 192. The molecule has 3 nitrogen and oxygen atoms in total. The molecule has 0 bridgehead atoms. The summed E-state index contributed by atoms with van der Waals surface area (Å²) < 4.78 is 5.72. The minimum atomic E-state index is -0.0153. The molecule has 0 aromatic carbocycles. The van der Waals surface area contributed by atoms with Crippen LogP contribution in [0.3, 0.4) is 0 Å². The summed E-state index contributed by atoms with van der Waals surface area (Å²) in [5, 5.41) is 12.8. The maximum absolute atomic E-state index is 9.20. The first-order chi connectivity index (χ1) is 7.57. The van der Waals surface area contributed by atoms with Crippen LogP contribution in [-0.4, -0.2) is 37.0 Å². The quantitative estimate of drug-likeness (QED) is 0.731. The highest BCUT2D eigenvalue weighted by Crippen LogP contribution is 2.19. The molecule has 0 aromatic heterocycles. The zero-order valence-corrected chi connectivity index (χ0v) is 11.0. The summed E-state index contributed by atoms with van der Waals surface area (Å²) in [7, 11) is 0. The molecule has 1 aliphatic heterocycles. The average molecular weight is 229 g/mol. The largest absolute Gasteiger partial charge is 0.396 e. The Labute approximate surface area is 99.6 Å². The Kier molecular flexibility index (Phi) is 5.73. The molecule has 1 heterocycles. The van der Waals surface area contributed by atoms with Crippen LogP contribution in [-0.2, 0) is 4.74 Å². The molecular formula is C13H27NO2. The van der Waals surface area contributed by atoms with Crippen LogP contribution in [0.2, 0.25) is 0 Å². The van der Waals surface area contributed by atoms with Crippen molar-refractivity contribution in [3.8, 4) is 0 Å². The van der Waals surface area contributed by atoms with Crippen molar-refractivity contribution in [1.82, 2.24) is 5.32 Å². The Morgan fingerprint density at radius 1 is 1.44 bits per heavy atom. The van der Waals surface area contributed by atoms with E-state index >= 15 is 0 Å². The summed E-state index contributed by atoms with van der Waals surface area (Å²) in [6.45, 7) is 8.37. The molecule has 96 valence electrons. The minimum Gasteiger partial charge on any atom is -0.396 e. The maximum Gasteiger partial charge on any atom is 0.0589 e. The molecule has 0 saturated carbocycles. The first-order valence-corrected chi connectivity index (χ1v) is 6.53. The van der Waals surface area contributed by atoms with E-state index in [1.165, 1.54) is 12.8 Å². The smallest absolute Gasteiger partial charge is 0.0589 e. The van der Waals surface area contributed by atoms with Gasteiger partial charge in [0.05, 0.1) is 6.10 Å². The zero-order valence-electron chi connectivity index (χ0n) is 11.0. The lowest BCUT2D eigenvalue weighted by atomic mass is 9.93. The summed E-state index contributed by atoms with van der Waals surface area (Å²) in [5.74, 6) is 0. The van der Waals surface area contributed by atoms with Crippen LogP contribution < -0.4 is 5.32 Å². The number of nitrogens with one attached hydrogen (secondary N) is 1. The van der Waals surface area contributed by atoms with E-state index in [4.69, 9.17) is 4.74 Å². The van der Waals surface area contributed by atoms with E-state index < -0.39 is 0 Å². The third-order valence-electron chi connectivity index (χ3n) is 3.28. The van der Waals surface area contributed by atoms with Crippen LogP contribution in [0.4, 0.5) is 0 Å². The fourth-order valence-corrected chi connectivity index (χ4v) is 2.07. The van der Waals surface area contributed by atoms with Crippen molar-refractivity contribution in [3.05, 3.63) is 0 Å². The second-order valence-electron chi connectivity index (χ2n) is 5.71. The Morgan fingerprint density at radius 2 is 2.19 bits per heavy atom. The normalized spacial score (nSPS) is 27.0. The van der Waals surface area contributed by atoms with E-state index in [0.29, 0.717) is 12.1 Å². The molecule has 0 aromatic rings. The highest BCUT2D eigenvalue weighted by atomic mass is 16.5. The van der Waals surface area contributed by atoms with Gasteiger partial charge in [0.1, 0.15) is 0 Å². The molecule has 1 fully saturated rings. The molecule has 0 aliphatic carbocycles. The monoisotopic (exact) mass is 229 g/mol. The lowest BCUT2D eigenvalue weighted by Gasteiger charge is -2.32. The fraction of sp³-hybridized carbons (Fsp3) is 1.00. The van der Waals surface area contributed by atoms with Gasteiger partial charge in [-0.05, 0) is 19.3 Å². The molecule has 3 heteroatoms. The van der Waals surface area contributed by atoms with Crippen molar-refractivity contribution in [2.75, 3.05) is 19.8 Å². The fourth-order valence-electron chi connectivity index (χ4n) is 2.07. The van der Waals surface area contributed by atoms with E-state index in [9.17, 15) is 5.11 Å². The minimum absolute atomic E-state index is 0.0153. The first kappa shape index (κ1) is 13.9. The average Bonchev–Trinajstić information content (AvgIpc) is 2.28. The number of aliphatic hydroxyl groups is 1. The number of hydrogen-bond donors (Lipinski definition) is 2. The van der Waals surface area contributed by atoms with Crippen molar-refractivity contribution in [1.29, 1.82) is 0 Å². The van der Waals surface area contributed by atoms with Crippen LogP contribution in [0, 0.1) is 5.41 Å². The summed E-state index contributed by atoms with van der Waals surface area (Å²) in [4.78, 5) is 0. The number of rotatable bonds is 6. The Morgan fingerprint density at radius 3 is 2.81 bits per heavy atom. The number of ether oxygens (including phenoxy) is 1. The van der Waals surface area contributed by atoms with Gasteiger partial charge in [-0.2, -0.15) is 0 Å². The molecule has 16 heavy (non-hydrogen) atoms. The van der Waals surface area contributed by atoms with Gasteiger partial charge in [-0.3, -0.25) is 0 Å². The highest BCUT2D eigenvalue weighted by molar-refractivity contribution is 4.80. The standard InChI is InChI=1S/C13H27NO2/c1-4-5-12-8-11(6-7-16-12)14-9-13(2,3)10-15/h11-12,14-15H,4-10H2,1-3H3. The van der Waals surface area contributed by atoms with Gasteiger partial charge >= 0.3 is 0 Å². The second kappa shape index (κ2) is 6.58. The molecule has 0 radical (unpaired) electrons. The lowest BCUT2D eigenvalue weighted by Crippen LogP contribution is -2.43. The topological polar surface area (TPSA) is 41.5 Å². The summed E-state index contributed by atoms with van der Waals surface area (Å²) >= 11 is 0. The van der Waals surface area contributed by atoms with Crippen molar-refractivity contribution >= 4 is 0 Å². The summed E-state index contributed by atoms with van der Waals surface area (Å²) in [6.07, 6.45) is 5.02. The molecule has 2 N–H and O–H groups in total. The zero-order chi connectivity index (χ0) is 12.0. The van der Waals surface area contributed by atoms with Gasteiger partial charge < -0.3 is 15.2 Å². The second-order valence-corrected chi connectivity index (χ2v) is 5.71. The van der Waals surface area contributed by atoms with E-state index in [-0.39, 0.29) is 12.0 Å². The van der Waals surface area contributed by atoms with Gasteiger partial charge in [0, 0.05) is 31.2 Å². The van der Waals surface area contributed by atoms with Gasteiger partial charge in [0.25, 0.3) is 0 Å². The van der Waals surface area contributed by atoms with Crippen LogP contribution in [0.15, 0.2) is 0 Å². The molecular weight excluding hydrogens is 202 g/mol. The van der Waals surface area contributed by atoms with E-state index in [0.717, 1.165) is 26.0 Å². The van der Waals surface area contributed by atoms with Gasteiger partial charge in [-0.1, -0.05) is 27.2 Å². The maximum atomic E-state index is 9.20. The van der Waals surface area contributed by atoms with Crippen molar-refractivity contribution in [2.24, 2.45) is 5.41 Å². The van der Waals surface area contributed by atoms with Crippen molar-refractivity contribution in [3.63, 3.8) is 0 Å². The Balaban J connectivity index is 2.26. The summed E-state index contributed by atoms with van der Waals surface area (Å²) in [6, 6.07) is 0.566. The summed E-state index contributed by atoms with van der Waals surface area (Å²) in [5.41, 5.74) is -0.0153. The Hall–Kier alpha value is -0.120.